The van der Waals surface area contributed by atoms with E-state index in [9.17, 15) is 4.79 Å². The maximum atomic E-state index is 12.6. The quantitative estimate of drug-likeness (QED) is 0.720. The predicted octanol–water partition coefficient (Wildman–Crippen LogP) is 3.15. The molecule has 0 unspecified atom stereocenters. The summed E-state index contributed by atoms with van der Waals surface area (Å²) in [4.78, 5) is 14.3. The van der Waals surface area contributed by atoms with Crippen molar-refractivity contribution in [3.05, 3.63) is 64.2 Å². The van der Waals surface area contributed by atoms with Crippen LogP contribution in [-0.2, 0) is 13.6 Å². The van der Waals surface area contributed by atoms with Gasteiger partial charge in [-0.05, 0) is 38.1 Å². The molecular weight excluding hydrogens is 338 g/mol. The molecule has 130 valence electrons. The van der Waals surface area contributed by atoms with E-state index in [0.717, 1.165) is 22.6 Å². The molecule has 3 rings (SSSR count). The molecule has 0 radical (unpaired) electrons. The van der Waals surface area contributed by atoms with Crippen molar-refractivity contribution in [1.82, 2.24) is 24.5 Å². The molecule has 0 atom stereocenters. The number of amides is 1. The maximum absolute atomic E-state index is 12.6. The number of halogens is 1. The molecule has 0 spiro atoms. The minimum absolute atomic E-state index is 0.0400. The molecule has 0 saturated carbocycles. The Bertz CT molecular complexity index is 910. The minimum Gasteiger partial charge on any atom is -0.337 e. The summed E-state index contributed by atoms with van der Waals surface area (Å²) in [6.07, 6.45) is 3.67. The average Bonchev–Trinajstić information content (AvgIpc) is 3.12. The van der Waals surface area contributed by atoms with Gasteiger partial charge < -0.3 is 4.90 Å². The van der Waals surface area contributed by atoms with Crippen molar-refractivity contribution in [2.45, 2.75) is 20.4 Å². The molecule has 6 nitrogen and oxygen atoms in total. The number of aryl methyl sites for hydroxylation is 2. The normalized spacial score (nSPS) is 10.9. The first-order valence-corrected chi connectivity index (χ1v) is 8.29. The summed E-state index contributed by atoms with van der Waals surface area (Å²) in [5.41, 5.74) is 4.16. The predicted molar refractivity (Wildman–Crippen MR) is 97.1 cm³/mol. The van der Waals surface area contributed by atoms with Gasteiger partial charge in [-0.3, -0.25) is 9.48 Å². The van der Waals surface area contributed by atoms with Gasteiger partial charge in [0, 0.05) is 38.0 Å². The van der Waals surface area contributed by atoms with E-state index in [1.54, 1.807) is 27.5 Å². The van der Waals surface area contributed by atoms with Crippen LogP contribution in [0.3, 0.4) is 0 Å². The van der Waals surface area contributed by atoms with E-state index in [2.05, 4.69) is 10.2 Å². The standard InChI is InChI=1S/C18H20ClN5O/c1-12-17(19)13(2)24(21-12)16-7-5-15(6-8-16)18(25)22(3)10-14-9-20-23(4)11-14/h5-9,11H,10H2,1-4H3. The zero-order chi connectivity index (χ0) is 18.1. The van der Waals surface area contributed by atoms with Gasteiger partial charge in [-0.1, -0.05) is 11.6 Å². The molecule has 0 aliphatic carbocycles. The third kappa shape index (κ3) is 3.44. The molecule has 1 amide bonds. The van der Waals surface area contributed by atoms with Crippen LogP contribution in [-0.4, -0.2) is 37.4 Å². The van der Waals surface area contributed by atoms with Crippen molar-refractivity contribution in [2.75, 3.05) is 7.05 Å². The van der Waals surface area contributed by atoms with E-state index in [-0.39, 0.29) is 5.91 Å². The van der Waals surface area contributed by atoms with Crippen molar-refractivity contribution >= 4 is 17.5 Å². The number of carbonyl (C=O) groups excluding carboxylic acids is 1. The highest BCUT2D eigenvalue weighted by Gasteiger charge is 2.14. The van der Waals surface area contributed by atoms with E-state index in [4.69, 9.17) is 11.6 Å². The monoisotopic (exact) mass is 357 g/mol. The lowest BCUT2D eigenvalue weighted by molar-refractivity contribution is 0.0785. The van der Waals surface area contributed by atoms with Crippen molar-refractivity contribution in [3.63, 3.8) is 0 Å². The Kier molecular flexibility index (Phi) is 4.63. The highest BCUT2D eigenvalue weighted by atomic mass is 35.5. The molecule has 0 saturated heterocycles. The molecule has 2 aromatic heterocycles. The van der Waals surface area contributed by atoms with E-state index < -0.39 is 0 Å². The van der Waals surface area contributed by atoms with Crippen LogP contribution in [0.15, 0.2) is 36.7 Å². The van der Waals surface area contributed by atoms with Gasteiger partial charge >= 0.3 is 0 Å². The Labute approximate surface area is 151 Å². The number of carbonyl (C=O) groups is 1. The SMILES string of the molecule is Cc1nn(-c2ccc(C(=O)N(C)Cc3cnn(C)c3)cc2)c(C)c1Cl. The van der Waals surface area contributed by atoms with Gasteiger partial charge in [-0.25, -0.2) is 4.68 Å². The largest absolute Gasteiger partial charge is 0.337 e. The molecule has 0 fully saturated rings. The second kappa shape index (κ2) is 6.72. The second-order valence-electron chi connectivity index (χ2n) is 6.13. The van der Waals surface area contributed by atoms with Crippen molar-refractivity contribution in [2.24, 2.45) is 7.05 Å². The summed E-state index contributed by atoms with van der Waals surface area (Å²) in [5.74, 6) is -0.0400. The number of benzene rings is 1. The minimum atomic E-state index is -0.0400. The number of hydrogen-bond acceptors (Lipinski definition) is 3. The molecule has 0 aliphatic rings. The fourth-order valence-electron chi connectivity index (χ4n) is 2.74. The fraction of sp³-hybridized carbons (Fsp3) is 0.278. The molecule has 0 aliphatic heterocycles. The Morgan fingerprint density at radius 3 is 2.44 bits per heavy atom. The number of aromatic nitrogens is 4. The van der Waals surface area contributed by atoms with Crippen LogP contribution in [0.25, 0.3) is 5.69 Å². The highest BCUT2D eigenvalue weighted by molar-refractivity contribution is 6.31. The van der Waals surface area contributed by atoms with E-state index in [1.165, 1.54) is 0 Å². The lowest BCUT2D eigenvalue weighted by Crippen LogP contribution is -2.26. The van der Waals surface area contributed by atoms with Crippen LogP contribution >= 0.6 is 11.6 Å². The van der Waals surface area contributed by atoms with Crippen LogP contribution in [0.1, 0.15) is 27.3 Å². The Morgan fingerprint density at radius 1 is 1.24 bits per heavy atom. The molecule has 3 aromatic rings. The summed E-state index contributed by atoms with van der Waals surface area (Å²) in [7, 11) is 3.64. The average molecular weight is 358 g/mol. The highest BCUT2D eigenvalue weighted by Crippen LogP contribution is 2.22. The molecule has 0 bridgehead atoms. The van der Waals surface area contributed by atoms with Crippen molar-refractivity contribution in [1.29, 1.82) is 0 Å². The molecule has 7 heteroatoms. The first kappa shape index (κ1) is 17.2. The van der Waals surface area contributed by atoms with Crippen molar-refractivity contribution in [3.8, 4) is 5.69 Å². The second-order valence-corrected chi connectivity index (χ2v) is 6.50. The lowest BCUT2D eigenvalue weighted by Gasteiger charge is -2.16. The lowest BCUT2D eigenvalue weighted by atomic mass is 10.1. The van der Waals surface area contributed by atoms with Gasteiger partial charge in [0.2, 0.25) is 0 Å². The van der Waals surface area contributed by atoms with Crippen LogP contribution in [0, 0.1) is 13.8 Å². The van der Waals surface area contributed by atoms with Gasteiger partial charge in [0.25, 0.3) is 5.91 Å². The zero-order valence-electron chi connectivity index (χ0n) is 14.7. The topological polar surface area (TPSA) is 56.0 Å². The molecule has 2 heterocycles. The van der Waals surface area contributed by atoms with Gasteiger partial charge in [0.1, 0.15) is 0 Å². The summed E-state index contributed by atoms with van der Waals surface area (Å²) in [6.45, 7) is 4.31. The third-order valence-corrected chi connectivity index (χ3v) is 4.63. The summed E-state index contributed by atoms with van der Waals surface area (Å²) >= 11 is 6.20. The van der Waals surface area contributed by atoms with Crippen LogP contribution in [0.4, 0.5) is 0 Å². The Balaban J connectivity index is 1.77. The van der Waals surface area contributed by atoms with Crippen LogP contribution in [0.2, 0.25) is 5.02 Å². The van der Waals surface area contributed by atoms with Crippen LogP contribution < -0.4 is 0 Å². The number of rotatable bonds is 4. The fourth-order valence-corrected chi connectivity index (χ4v) is 2.86. The Hall–Kier alpha value is -2.60. The van der Waals surface area contributed by atoms with E-state index in [1.807, 2.05) is 51.4 Å². The Morgan fingerprint density at radius 2 is 1.92 bits per heavy atom. The molecule has 0 N–H and O–H groups in total. The van der Waals surface area contributed by atoms with Gasteiger partial charge in [0.05, 0.1) is 28.3 Å². The molecule has 1 aromatic carbocycles. The first-order chi connectivity index (χ1) is 11.9. The summed E-state index contributed by atoms with van der Waals surface area (Å²) < 4.78 is 3.51. The smallest absolute Gasteiger partial charge is 0.253 e. The van der Waals surface area contributed by atoms with Gasteiger partial charge in [0.15, 0.2) is 0 Å². The summed E-state index contributed by atoms with van der Waals surface area (Å²) in [5, 5.41) is 9.21. The molecule has 25 heavy (non-hydrogen) atoms. The van der Waals surface area contributed by atoms with Gasteiger partial charge in [-0.15, -0.1) is 0 Å². The number of nitrogens with zero attached hydrogens (tertiary/aromatic N) is 5. The van der Waals surface area contributed by atoms with E-state index in [0.29, 0.717) is 17.1 Å². The summed E-state index contributed by atoms with van der Waals surface area (Å²) in [6, 6.07) is 7.37. The number of hydrogen-bond donors (Lipinski definition) is 0. The maximum Gasteiger partial charge on any atom is 0.253 e. The first-order valence-electron chi connectivity index (χ1n) is 7.92. The zero-order valence-corrected chi connectivity index (χ0v) is 15.4. The van der Waals surface area contributed by atoms with Crippen LogP contribution in [0.5, 0.6) is 0 Å². The van der Waals surface area contributed by atoms with E-state index >= 15 is 0 Å². The third-order valence-electron chi connectivity index (χ3n) is 4.09. The van der Waals surface area contributed by atoms with Crippen molar-refractivity contribution < 1.29 is 4.79 Å². The molecular formula is C18H20ClN5O. The van der Waals surface area contributed by atoms with Gasteiger partial charge in [-0.2, -0.15) is 10.2 Å².